The molecule has 1 fully saturated rings. The van der Waals surface area contributed by atoms with Gasteiger partial charge >= 0.3 is 0 Å². The monoisotopic (exact) mass is 242 g/mol. The number of rotatable bonds is 2. The second kappa shape index (κ2) is 5.06. The molecule has 1 saturated heterocycles. The molecular weight excluding hydrogens is 226 g/mol. The first-order valence-corrected chi connectivity index (χ1v) is 5.72. The zero-order valence-electron chi connectivity index (χ0n) is 9.99. The summed E-state index contributed by atoms with van der Waals surface area (Å²) in [6, 6.07) is 0.871. The summed E-state index contributed by atoms with van der Waals surface area (Å²) in [5.41, 5.74) is 0.285. The summed E-state index contributed by atoms with van der Waals surface area (Å²) < 4.78 is 31.7. The van der Waals surface area contributed by atoms with Crippen LogP contribution in [-0.4, -0.2) is 35.2 Å². The summed E-state index contributed by atoms with van der Waals surface area (Å²) in [4.78, 5) is 5.86. The van der Waals surface area contributed by atoms with E-state index in [0.29, 0.717) is 6.54 Å². The Bertz CT molecular complexity index is 390. The van der Waals surface area contributed by atoms with Crippen molar-refractivity contribution in [3.05, 3.63) is 29.6 Å². The lowest BCUT2D eigenvalue weighted by Crippen LogP contribution is -2.45. The van der Waals surface area contributed by atoms with Gasteiger partial charge in [-0.3, -0.25) is 9.88 Å². The SMILES string of the molecule is CC1CN(Cc2ncc(F)cc2F)CC(C)O1. The van der Waals surface area contributed by atoms with Gasteiger partial charge in [0.25, 0.3) is 0 Å². The Kier molecular flexibility index (Phi) is 3.69. The number of hydrogen-bond donors (Lipinski definition) is 0. The number of ether oxygens (including phenoxy) is 1. The number of aromatic nitrogens is 1. The van der Waals surface area contributed by atoms with Crippen molar-refractivity contribution in [3.8, 4) is 0 Å². The summed E-state index contributed by atoms with van der Waals surface area (Å²) in [6.45, 7) is 5.84. The molecule has 0 N–H and O–H groups in total. The Balaban J connectivity index is 2.04. The number of nitrogens with zero attached hydrogens (tertiary/aromatic N) is 2. The van der Waals surface area contributed by atoms with E-state index in [1.54, 1.807) is 0 Å². The van der Waals surface area contributed by atoms with Crippen molar-refractivity contribution in [1.82, 2.24) is 9.88 Å². The van der Waals surface area contributed by atoms with Gasteiger partial charge in [-0.1, -0.05) is 0 Å². The van der Waals surface area contributed by atoms with Crippen LogP contribution in [0.4, 0.5) is 8.78 Å². The lowest BCUT2D eigenvalue weighted by atomic mass is 10.2. The maximum absolute atomic E-state index is 13.4. The highest BCUT2D eigenvalue weighted by atomic mass is 19.1. The van der Waals surface area contributed by atoms with Crippen molar-refractivity contribution < 1.29 is 13.5 Å². The van der Waals surface area contributed by atoms with Crippen LogP contribution in [0.15, 0.2) is 12.3 Å². The van der Waals surface area contributed by atoms with E-state index in [0.717, 1.165) is 25.4 Å². The molecule has 17 heavy (non-hydrogen) atoms. The highest BCUT2D eigenvalue weighted by Crippen LogP contribution is 2.15. The predicted octanol–water partition coefficient (Wildman–Crippen LogP) is 1.97. The van der Waals surface area contributed by atoms with Crippen LogP contribution in [0.25, 0.3) is 0 Å². The fourth-order valence-corrected chi connectivity index (χ4v) is 2.18. The summed E-state index contributed by atoms with van der Waals surface area (Å²) >= 11 is 0. The second-order valence-electron chi connectivity index (χ2n) is 4.53. The molecule has 1 aliphatic heterocycles. The molecule has 0 amide bonds. The highest BCUT2D eigenvalue weighted by Gasteiger charge is 2.23. The van der Waals surface area contributed by atoms with Crippen LogP contribution in [-0.2, 0) is 11.3 Å². The van der Waals surface area contributed by atoms with Gasteiger partial charge in [0.15, 0.2) is 0 Å². The summed E-state index contributed by atoms with van der Waals surface area (Å²) in [5.74, 6) is -1.23. The van der Waals surface area contributed by atoms with Gasteiger partial charge in [0.2, 0.25) is 0 Å². The zero-order valence-corrected chi connectivity index (χ0v) is 9.99. The molecule has 0 spiro atoms. The van der Waals surface area contributed by atoms with E-state index in [2.05, 4.69) is 9.88 Å². The third-order valence-electron chi connectivity index (χ3n) is 2.75. The average molecular weight is 242 g/mol. The molecule has 2 atom stereocenters. The number of morpholine rings is 1. The van der Waals surface area contributed by atoms with Crippen molar-refractivity contribution >= 4 is 0 Å². The first-order chi connectivity index (χ1) is 8.04. The Hall–Kier alpha value is -1.07. The lowest BCUT2D eigenvalue weighted by Gasteiger charge is -2.35. The van der Waals surface area contributed by atoms with Crippen LogP contribution in [0.2, 0.25) is 0 Å². The van der Waals surface area contributed by atoms with E-state index >= 15 is 0 Å². The van der Waals surface area contributed by atoms with Crippen molar-refractivity contribution in [2.45, 2.75) is 32.6 Å². The molecule has 94 valence electrons. The summed E-state index contributed by atoms with van der Waals surface area (Å²) in [6.07, 6.45) is 1.30. The summed E-state index contributed by atoms with van der Waals surface area (Å²) in [7, 11) is 0. The van der Waals surface area contributed by atoms with Crippen LogP contribution in [0.5, 0.6) is 0 Å². The predicted molar refractivity (Wildman–Crippen MR) is 59.4 cm³/mol. The average Bonchev–Trinajstić information content (AvgIpc) is 2.21. The van der Waals surface area contributed by atoms with Crippen LogP contribution in [0.3, 0.4) is 0 Å². The Morgan fingerprint density at radius 1 is 1.35 bits per heavy atom. The van der Waals surface area contributed by atoms with E-state index in [-0.39, 0.29) is 17.9 Å². The van der Waals surface area contributed by atoms with Crippen LogP contribution < -0.4 is 0 Å². The molecular formula is C12H16F2N2O. The van der Waals surface area contributed by atoms with Gasteiger partial charge < -0.3 is 4.74 Å². The zero-order chi connectivity index (χ0) is 12.4. The van der Waals surface area contributed by atoms with Gasteiger partial charge in [0.1, 0.15) is 11.6 Å². The third kappa shape index (κ3) is 3.20. The number of hydrogen-bond acceptors (Lipinski definition) is 3. The van der Waals surface area contributed by atoms with Crippen LogP contribution in [0.1, 0.15) is 19.5 Å². The summed E-state index contributed by atoms with van der Waals surface area (Å²) in [5, 5.41) is 0. The smallest absolute Gasteiger partial charge is 0.148 e. The highest BCUT2D eigenvalue weighted by molar-refractivity contribution is 5.08. The van der Waals surface area contributed by atoms with Crippen molar-refractivity contribution in [3.63, 3.8) is 0 Å². The van der Waals surface area contributed by atoms with Gasteiger partial charge in [0, 0.05) is 25.7 Å². The topological polar surface area (TPSA) is 25.4 Å². The second-order valence-corrected chi connectivity index (χ2v) is 4.53. The van der Waals surface area contributed by atoms with E-state index in [1.165, 1.54) is 0 Å². The molecule has 2 unspecified atom stereocenters. The quantitative estimate of drug-likeness (QED) is 0.792. The molecule has 1 aliphatic rings. The van der Waals surface area contributed by atoms with Gasteiger partial charge in [-0.15, -0.1) is 0 Å². The van der Waals surface area contributed by atoms with Crippen molar-refractivity contribution in [2.75, 3.05) is 13.1 Å². The van der Waals surface area contributed by atoms with E-state index in [9.17, 15) is 8.78 Å². The van der Waals surface area contributed by atoms with E-state index in [1.807, 2.05) is 13.8 Å². The standard InChI is InChI=1S/C12H16F2N2O/c1-8-5-16(6-9(2)17-8)7-12-11(14)3-10(13)4-15-12/h3-4,8-9H,5-7H2,1-2H3. The Labute approximate surface area is 99.4 Å². The van der Waals surface area contributed by atoms with Crippen molar-refractivity contribution in [2.24, 2.45) is 0 Å². The normalized spacial score (nSPS) is 26.1. The number of halogens is 2. The Morgan fingerprint density at radius 3 is 2.59 bits per heavy atom. The maximum atomic E-state index is 13.4. The Morgan fingerprint density at radius 2 is 2.00 bits per heavy atom. The first kappa shape index (κ1) is 12.4. The molecule has 0 radical (unpaired) electrons. The molecule has 0 bridgehead atoms. The van der Waals surface area contributed by atoms with Gasteiger partial charge in [0.05, 0.1) is 24.1 Å². The minimum atomic E-state index is -0.644. The lowest BCUT2D eigenvalue weighted by molar-refractivity contribution is -0.0710. The largest absolute Gasteiger partial charge is 0.373 e. The van der Waals surface area contributed by atoms with E-state index < -0.39 is 11.6 Å². The molecule has 1 aromatic rings. The molecule has 3 nitrogen and oxygen atoms in total. The van der Waals surface area contributed by atoms with Crippen LogP contribution >= 0.6 is 0 Å². The number of pyridine rings is 1. The molecule has 5 heteroatoms. The molecule has 0 aliphatic carbocycles. The van der Waals surface area contributed by atoms with Crippen molar-refractivity contribution in [1.29, 1.82) is 0 Å². The fourth-order valence-electron chi connectivity index (χ4n) is 2.18. The molecule has 0 saturated carbocycles. The molecule has 2 heterocycles. The third-order valence-corrected chi connectivity index (χ3v) is 2.75. The first-order valence-electron chi connectivity index (χ1n) is 5.72. The fraction of sp³-hybridized carbons (Fsp3) is 0.583. The molecule has 2 rings (SSSR count). The maximum Gasteiger partial charge on any atom is 0.148 e. The van der Waals surface area contributed by atoms with E-state index in [4.69, 9.17) is 4.74 Å². The van der Waals surface area contributed by atoms with Crippen LogP contribution in [0, 0.1) is 11.6 Å². The molecule has 1 aromatic heterocycles. The minimum Gasteiger partial charge on any atom is -0.373 e. The van der Waals surface area contributed by atoms with Gasteiger partial charge in [-0.05, 0) is 13.8 Å². The van der Waals surface area contributed by atoms with Gasteiger partial charge in [-0.25, -0.2) is 8.78 Å². The van der Waals surface area contributed by atoms with Gasteiger partial charge in [-0.2, -0.15) is 0 Å². The molecule has 0 aromatic carbocycles. The minimum absolute atomic E-state index is 0.127.